The number of hydrogen-bond acceptors (Lipinski definition) is 3. The van der Waals surface area contributed by atoms with E-state index in [0.717, 1.165) is 23.2 Å². The van der Waals surface area contributed by atoms with E-state index in [1.165, 1.54) is 11.1 Å². The average Bonchev–Trinajstić information content (AvgIpc) is 3.22. The highest BCUT2D eigenvalue weighted by Gasteiger charge is 2.15. The number of para-hydroxylation sites is 2. The first-order valence-electron chi connectivity index (χ1n) is 12.6. The van der Waals surface area contributed by atoms with Gasteiger partial charge in [-0.2, -0.15) is 0 Å². The van der Waals surface area contributed by atoms with Crippen LogP contribution in [0.1, 0.15) is 22.6 Å². The Hall–Kier alpha value is -4.90. The summed E-state index contributed by atoms with van der Waals surface area (Å²) in [4.78, 5) is 18.6. The SMILES string of the molecule is COc1cccc(-n2c(C=Cc3c(C)n(Cc4ccccc4)c4ccccc34)nc3ccccc3c2=O)c1. The van der Waals surface area contributed by atoms with Crippen molar-refractivity contribution in [1.29, 1.82) is 0 Å². The Kier molecular flexibility index (Phi) is 6.10. The number of fused-ring (bicyclic) bond motifs is 2. The lowest BCUT2D eigenvalue weighted by atomic mass is 10.1. The van der Waals surface area contributed by atoms with Crippen molar-refractivity contribution in [2.24, 2.45) is 0 Å². The standard InChI is InChI=1S/C33H27N3O2/c1-23-27(28-15-7-9-18-31(28)35(23)22-24-11-4-3-5-12-24)19-20-32-34-30-17-8-6-16-29(30)33(37)36(32)25-13-10-14-26(21-25)38-2/h3-21H,22H2,1-2H3. The number of aromatic nitrogens is 3. The molecule has 0 N–H and O–H groups in total. The second-order valence-electron chi connectivity index (χ2n) is 9.25. The van der Waals surface area contributed by atoms with Crippen molar-refractivity contribution in [3.63, 3.8) is 0 Å². The molecule has 186 valence electrons. The number of benzene rings is 4. The smallest absolute Gasteiger partial charge is 0.266 e. The molecule has 0 atom stereocenters. The summed E-state index contributed by atoms with van der Waals surface area (Å²) in [5.74, 6) is 1.23. The molecular formula is C33H27N3O2. The first-order valence-corrected chi connectivity index (χ1v) is 12.6. The Morgan fingerprint density at radius 1 is 0.816 bits per heavy atom. The zero-order valence-electron chi connectivity index (χ0n) is 21.3. The van der Waals surface area contributed by atoms with E-state index in [9.17, 15) is 4.79 Å². The van der Waals surface area contributed by atoms with E-state index >= 15 is 0 Å². The van der Waals surface area contributed by atoms with Gasteiger partial charge in [0.05, 0.1) is 23.7 Å². The zero-order valence-corrected chi connectivity index (χ0v) is 21.3. The molecule has 0 bridgehead atoms. The first kappa shape index (κ1) is 23.5. The van der Waals surface area contributed by atoms with Gasteiger partial charge in [0.15, 0.2) is 0 Å². The van der Waals surface area contributed by atoms with Crippen LogP contribution >= 0.6 is 0 Å². The van der Waals surface area contributed by atoms with E-state index in [4.69, 9.17) is 9.72 Å². The molecule has 0 amide bonds. The maximum atomic E-state index is 13.7. The van der Waals surface area contributed by atoms with Gasteiger partial charge in [-0.15, -0.1) is 0 Å². The highest BCUT2D eigenvalue weighted by molar-refractivity contribution is 5.94. The van der Waals surface area contributed by atoms with Crippen LogP contribution in [0.5, 0.6) is 5.75 Å². The summed E-state index contributed by atoms with van der Waals surface area (Å²) in [5, 5.41) is 1.73. The third-order valence-electron chi connectivity index (χ3n) is 6.98. The van der Waals surface area contributed by atoms with E-state index in [-0.39, 0.29) is 5.56 Å². The fraction of sp³-hybridized carbons (Fsp3) is 0.0909. The first-order chi connectivity index (χ1) is 18.6. The topological polar surface area (TPSA) is 49.0 Å². The second kappa shape index (κ2) is 9.87. The molecule has 0 spiro atoms. The average molecular weight is 498 g/mol. The molecule has 5 nitrogen and oxygen atoms in total. The van der Waals surface area contributed by atoms with Crippen LogP contribution in [0.15, 0.2) is 108 Å². The van der Waals surface area contributed by atoms with E-state index in [1.54, 1.807) is 11.7 Å². The number of rotatable bonds is 6. The molecule has 0 radical (unpaired) electrons. The van der Waals surface area contributed by atoms with Gasteiger partial charge in [-0.25, -0.2) is 4.98 Å². The summed E-state index contributed by atoms with van der Waals surface area (Å²) in [6, 6.07) is 33.9. The fourth-order valence-electron chi connectivity index (χ4n) is 5.06. The molecule has 0 aliphatic heterocycles. The van der Waals surface area contributed by atoms with Gasteiger partial charge >= 0.3 is 0 Å². The molecular weight excluding hydrogens is 470 g/mol. The summed E-state index contributed by atoms with van der Waals surface area (Å²) in [6.07, 6.45) is 4.02. The van der Waals surface area contributed by atoms with Gasteiger partial charge in [-0.1, -0.05) is 66.7 Å². The molecule has 0 unspecified atom stereocenters. The van der Waals surface area contributed by atoms with Crippen LogP contribution < -0.4 is 10.3 Å². The predicted octanol–water partition coefficient (Wildman–Crippen LogP) is 6.88. The van der Waals surface area contributed by atoms with Gasteiger partial charge < -0.3 is 9.30 Å². The molecule has 2 heterocycles. The Bertz CT molecular complexity index is 1860. The molecule has 0 fully saturated rings. The highest BCUT2D eigenvalue weighted by atomic mass is 16.5. The largest absolute Gasteiger partial charge is 0.497 e. The maximum absolute atomic E-state index is 13.7. The molecule has 5 heteroatoms. The predicted molar refractivity (Wildman–Crippen MR) is 155 cm³/mol. The highest BCUT2D eigenvalue weighted by Crippen LogP contribution is 2.29. The molecule has 2 aromatic heterocycles. The molecule has 0 aliphatic carbocycles. The molecule has 38 heavy (non-hydrogen) atoms. The van der Waals surface area contributed by atoms with Crippen LogP contribution in [-0.2, 0) is 6.54 Å². The number of hydrogen-bond donors (Lipinski definition) is 0. The fourth-order valence-corrected chi connectivity index (χ4v) is 5.06. The van der Waals surface area contributed by atoms with Gasteiger partial charge in [-0.3, -0.25) is 9.36 Å². The van der Waals surface area contributed by atoms with Crippen molar-refractivity contribution in [3.05, 3.63) is 136 Å². The summed E-state index contributed by atoms with van der Waals surface area (Å²) >= 11 is 0. The van der Waals surface area contributed by atoms with E-state index in [1.807, 2.05) is 60.7 Å². The van der Waals surface area contributed by atoms with Gasteiger partial charge in [0.1, 0.15) is 11.6 Å². The van der Waals surface area contributed by atoms with Crippen LogP contribution in [0.25, 0.3) is 39.6 Å². The van der Waals surface area contributed by atoms with Crippen LogP contribution in [0.2, 0.25) is 0 Å². The Labute approximate surface area is 220 Å². The van der Waals surface area contributed by atoms with E-state index in [0.29, 0.717) is 28.2 Å². The Morgan fingerprint density at radius 2 is 1.55 bits per heavy atom. The molecule has 0 aliphatic rings. The summed E-state index contributed by atoms with van der Waals surface area (Å²) in [6.45, 7) is 2.93. The third-order valence-corrected chi connectivity index (χ3v) is 6.98. The van der Waals surface area contributed by atoms with Crippen molar-refractivity contribution in [3.8, 4) is 11.4 Å². The van der Waals surface area contributed by atoms with Crippen LogP contribution in [-0.4, -0.2) is 21.2 Å². The molecule has 0 saturated heterocycles. The summed E-state index contributed by atoms with van der Waals surface area (Å²) < 4.78 is 9.42. The monoisotopic (exact) mass is 497 g/mol. The lowest BCUT2D eigenvalue weighted by molar-refractivity contribution is 0.414. The van der Waals surface area contributed by atoms with Crippen LogP contribution in [0, 0.1) is 6.92 Å². The van der Waals surface area contributed by atoms with Crippen molar-refractivity contribution in [2.45, 2.75) is 13.5 Å². The minimum Gasteiger partial charge on any atom is -0.497 e. The van der Waals surface area contributed by atoms with Crippen molar-refractivity contribution in [2.75, 3.05) is 7.11 Å². The lowest BCUT2D eigenvalue weighted by Crippen LogP contribution is -2.22. The second-order valence-corrected chi connectivity index (χ2v) is 9.25. The van der Waals surface area contributed by atoms with Gasteiger partial charge in [-0.05, 0) is 55.0 Å². The number of nitrogens with zero attached hydrogens (tertiary/aromatic N) is 3. The normalized spacial score (nSPS) is 11.5. The molecule has 6 aromatic rings. The van der Waals surface area contributed by atoms with Crippen LogP contribution in [0.4, 0.5) is 0 Å². The molecule has 4 aromatic carbocycles. The maximum Gasteiger partial charge on any atom is 0.266 e. The number of ether oxygens (including phenoxy) is 1. The van der Waals surface area contributed by atoms with Crippen LogP contribution in [0.3, 0.4) is 0 Å². The molecule has 0 saturated carbocycles. The minimum atomic E-state index is -0.119. The third kappa shape index (κ3) is 4.18. The van der Waals surface area contributed by atoms with Gasteiger partial charge in [0.2, 0.25) is 0 Å². The van der Waals surface area contributed by atoms with Gasteiger partial charge in [0.25, 0.3) is 5.56 Å². The van der Waals surface area contributed by atoms with Crippen molar-refractivity contribution in [1.82, 2.24) is 14.1 Å². The summed E-state index contributed by atoms with van der Waals surface area (Å²) in [5.41, 5.74) is 5.93. The quantitative estimate of drug-likeness (QED) is 0.252. The van der Waals surface area contributed by atoms with Gasteiger partial charge in [0, 0.05) is 34.8 Å². The minimum absolute atomic E-state index is 0.119. The lowest BCUT2D eigenvalue weighted by Gasteiger charge is -2.12. The molecule has 6 rings (SSSR count). The van der Waals surface area contributed by atoms with E-state index < -0.39 is 0 Å². The van der Waals surface area contributed by atoms with Crippen molar-refractivity contribution < 1.29 is 4.74 Å². The zero-order chi connectivity index (χ0) is 26.1. The summed E-state index contributed by atoms with van der Waals surface area (Å²) in [7, 11) is 1.62. The number of methoxy groups -OCH3 is 1. The Morgan fingerprint density at radius 3 is 2.37 bits per heavy atom. The Balaban J connectivity index is 1.53. The van der Waals surface area contributed by atoms with E-state index in [2.05, 4.69) is 66.1 Å². The van der Waals surface area contributed by atoms with Crippen molar-refractivity contribution >= 4 is 34.0 Å².